The zero-order valence-corrected chi connectivity index (χ0v) is 28.9. The third-order valence-electron chi connectivity index (χ3n) is 11.3. The van der Waals surface area contributed by atoms with Gasteiger partial charge in [0.1, 0.15) is 11.2 Å². The van der Waals surface area contributed by atoms with Crippen molar-refractivity contribution in [1.82, 2.24) is 0 Å². The molecule has 9 rings (SSSR count). The van der Waals surface area contributed by atoms with E-state index < -0.39 is 19.1 Å². The van der Waals surface area contributed by atoms with Crippen molar-refractivity contribution >= 4 is 45.4 Å². The average Bonchev–Trinajstić information content (AvgIpc) is 3.76. The lowest BCUT2D eigenvalue weighted by molar-refractivity contribution is 0.0249. The fraction of sp³-hybridized carbons (Fsp3) is 0.174. The van der Waals surface area contributed by atoms with Gasteiger partial charge < -0.3 is 9.47 Å². The lowest BCUT2D eigenvalue weighted by Gasteiger charge is -2.32. The van der Waals surface area contributed by atoms with Crippen molar-refractivity contribution in [3.8, 4) is 0 Å². The topological polar surface area (TPSA) is 18.5 Å². The van der Waals surface area contributed by atoms with Gasteiger partial charge in [-0.25, -0.2) is 0 Å². The van der Waals surface area contributed by atoms with E-state index in [1.165, 1.54) is 70.8 Å². The molecule has 2 nitrogen and oxygen atoms in total. The van der Waals surface area contributed by atoms with Crippen molar-refractivity contribution in [2.75, 3.05) is 14.2 Å². The first-order chi connectivity index (χ1) is 24.2. The standard InChI is InChI=1S/C46H39O2P/c1-47-45(39-22-10-16-32-14-6-8-20-35(32)39)30-28-37-41(45)24-12-26-43(37)49(34-18-4-3-5-19-34)44-27-13-25-42-38(44)29-31-46(42,48-2)40-23-11-17-33-15-7-9-21-36(33)40/h3-27H,28-31H2,1-2H3. The molecule has 2 aliphatic rings. The van der Waals surface area contributed by atoms with Crippen LogP contribution in [0.5, 0.6) is 0 Å². The maximum Gasteiger partial charge on any atom is 0.119 e. The largest absolute Gasteiger partial charge is 0.369 e. The molecule has 0 amide bonds. The summed E-state index contributed by atoms with van der Waals surface area (Å²) < 4.78 is 13.3. The summed E-state index contributed by atoms with van der Waals surface area (Å²) in [6.45, 7) is 0. The molecule has 2 unspecified atom stereocenters. The highest BCUT2D eigenvalue weighted by atomic mass is 31.1. The predicted octanol–water partition coefficient (Wildman–Crippen LogP) is 9.42. The highest BCUT2D eigenvalue weighted by molar-refractivity contribution is 7.80. The van der Waals surface area contributed by atoms with E-state index in [-0.39, 0.29) is 0 Å². The van der Waals surface area contributed by atoms with Crippen LogP contribution in [-0.4, -0.2) is 14.2 Å². The average molecular weight is 655 g/mol. The van der Waals surface area contributed by atoms with Gasteiger partial charge >= 0.3 is 0 Å². The molecule has 0 saturated heterocycles. The zero-order chi connectivity index (χ0) is 33.0. The summed E-state index contributed by atoms with van der Waals surface area (Å²) >= 11 is 0. The molecule has 0 aromatic heterocycles. The van der Waals surface area contributed by atoms with Crippen LogP contribution in [0.3, 0.4) is 0 Å². The number of fused-ring (bicyclic) bond motifs is 4. The van der Waals surface area contributed by atoms with E-state index in [0.717, 1.165) is 25.7 Å². The quantitative estimate of drug-likeness (QED) is 0.160. The minimum Gasteiger partial charge on any atom is -0.369 e. The Morgan fingerprint density at radius 2 is 0.837 bits per heavy atom. The van der Waals surface area contributed by atoms with Gasteiger partial charge in [-0.05, 0) is 104 Å². The molecule has 0 aliphatic heterocycles. The Bertz CT molecular complexity index is 2190. The van der Waals surface area contributed by atoms with Crippen LogP contribution in [-0.2, 0) is 33.5 Å². The van der Waals surface area contributed by atoms with Crippen LogP contribution in [0.15, 0.2) is 152 Å². The molecule has 2 atom stereocenters. The molecule has 3 heteroatoms. The summed E-state index contributed by atoms with van der Waals surface area (Å²) in [7, 11) is 2.93. The molecular formula is C46H39O2P. The summed E-state index contributed by atoms with van der Waals surface area (Å²) in [6, 6.07) is 55.9. The van der Waals surface area contributed by atoms with Crippen molar-refractivity contribution < 1.29 is 9.47 Å². The number of methoxy groups -OCH3 is 2. The second-order valence-corrected chi connectivity index (χ2v) is 15.5. The van der Waals surface area contributed by atoms with E-state index in [1.807, 2.05) is 14.2 Å². The normalized spacial score (nSPS) is 20.4. The molecule has 240 valence electrons. The van der Waals surface area contributed by atoms with Crippen molar-refractivity contribution in [2.45, 2.75) is 36.9 Å². The van der Waals surface area contributed by atoms with Crippen LogP contribution >= 0.6 is 7.92 Å². The maximum absolute atomic E-state index is 6.66. The van der Waals surface area contributed by atoms with Gasteiger partial charge in [0.25, 0.3) is 0 Å². The number of ether oxygens (including phenoxy) is 2. The van der Waals surface area contributed by atoms with Crippen LogP contribution in [0.2, 0.25) is 0 Å². The van der Waals surface area contributed by atoms with Gasteiger partial charge in [0.05, 0.1) is 0 Å². The summed E-state index contributed by atoms with van der Waals surface area (Å²) in [5.41, 5.74) is 7.01. The SMILES string of the molecule is COC1(c2cccc3ccccc23)CCc2c(P(c3ccccc3)c3cccc4c3CCC4(OC)c3cccc4ccccc34)cccc21. The van der Waals surface area contributed by atoms with Gasteiger partial charge in [-0.1, -0.05) is 152 Å². The van der Waals surface area contributed by atoms with Crippen molar-refractivity contribution in [3.63, 3.8) is 0 Å². The Morgan fingerprint density at radius 3 is 1.33 bits per heavy atom. The van der Waals surface area contributed by atoms with E-state index in [9.17, 15) is 0 Å². The molecule has 49 heavy (non-hydrogen) atoms. The molecule has 2 aliphatic carbocycles. The highest BCUT2D eigenvalue weighted by Gasteiger charge is 2.45. The summed E-state index contributed by atoms with van der Waals surface area (Å²) in [5, 5.41) is 9.28. The minimum atomic E-state index is -0.863. The fourth-order valence-corrected chi connectivity index (χ4v) is 11.8. The van der Waals surface area contributed by atoms with Crippen molar-refractivity contribution in [3.05, 3.63) is 185 Å². The molecule has 0 N–H and O–H groups in total. The molecule has 0 radical (unpaired) electrons. The van der Waals surface area contributed by atoms with Crippen molar-refractivity contribution in [1.29, 1.82) is 0 Å². The first-order valence-corrected chi connectivity index (χ1v) is 18.7. The van der Waals surface area contributed by atoms with E-state index in [2.05, 4.69) is 152 Å². The van der Waals surface area contributed by atoms with Crippen molar-refractivity contribution in [2.24, 2.45) is 0 Å². The molecule has 0 heterocycles. The van der Waals surface area contributed by atoms with E-state index in [4.69, 9.17) is 9.47 Å². The Kier molecular flexibility index (Phi) is 7.51. The molecule has 7 aromatic carbocycles. The van der Waals surface area contributed by atoms with Crippen LogP contribution in [0, 0.1) is 0 Å². The first kappa shape index (κ1) is 30.5. The van der Waals surface area contributed by atoms with Crippen LogP contribution in [0.25, 0.3) is 21.5 Å². The third-order valence-corrected chi connectivity index (χ3v) is 13.9. The van der Waals surface area contributed by atoms with Gasteiger partial charge in [0, 0.05) is 14.2 Å². The van der Waals surface area contributed by atoms with Gasteiger partial charge in [-0.15, -0.1) is 0 Å². The minimum absolute atomic E-state index is 0.498. The highest BCUT2D eigenvalue weighted by Crippen LogP contribution is 2.52. The van der Waals surface area contributed by atoms with Gasteiger partial charge in [0.15, 0.2) is 0 Å². The first-order valence-electron chi connectivity index (χ1n) is 17.4. The van der Waals surface area contributed by atoms with Crippen LogP contribution < -0.4 is 15.9 Å². The second kappa shape index (κ2) is 12.1. The number of benzene rings is 7. The van der Waals surface area contributed by atoms with Crippen LogP contribution in [0.4, 0.5) is 0 Å². The molecular weight excluding hydrogens is 615 g/mol. The van der Waals surface area contributed by atoms with E-state index >= 15 is 0 Å². The lowest BCUT2D eigenvalue weighted by atomic mass is 9.84. The fourth-order valence-electron chi connectivity index (χ4n) is 9.07. The number of hydrogen-bond donors (Lipinski definition) is 0. The van der Waals surface area contributed by atoms with Gasteiger partial charge in [0.2, 0.25) is 0 Å². The summed E-state index contributed by atoms with van der Waals surface area (Å²) in [4.78, 5) is 0. The molecule has 0 saturated carbocycles. The molecule has 0 fully saturated rings. The Morgan fingerprint density at radius 1 is 0.429 bits per heavy atom. The Hall–Kier alpha value is -4.59. The van der Waals surface area contributed by atoms with Gasteiger partial charge in [-0.3, -0.25) is 0 Å². The smallest absolute Gasteiger partial charge is 0.119 e. The zero-order valence-electron chi connectivity index (χ0n) is 28.0. The maximum atomic E-state index is 6.66. The van der Waals surface area contributed by atoms with E-state index in [1.54, 1.807) is 0 Å². The van der Waals surface area contributed by atoms with E-state index in [0.29, 0.717) is 0 Å². The summed E-state index contributed by atoms with van der Waals surface area (Å²) in [5.74, 6) is 0. The number of hydrogen-bond acceptors (Lipinski definition) is 2. The van der Waals surface area contributed by atoms with Gasteiger partial charge in [-0.2, -0.15) is 0 Å². The van der Waals surface area contributed by atoms with Crippen LogP contribution in [0.1, 0.15) is 46.2 Å². The third kappa shape index (κ3) is 4.59. The molecule has 7 aromatic rings. The second-order valence-electron chi connectivity index (χ2n) is 13.4. The predicted molar refractivity (Wildman–Crippen MR) is 205 cm³/mol. The molecule has 0 bridgehead atoms. The lowest BCUT2D eigenvalue weighted by Crippen LogP contribution is -2.30. The Balaban J connectivity index is 1.24. The Labute approximate surface area is 290 Å². The summed E-state index contributed by atoms with van der Waals surface area (Å²) in [6.07, 6.45) is 3.79. The molecule has 0 spiro atoms. The monoisotopic (exact) mass is 654 g/mol. The number of rotatable bonds is 7.